The Labute approximate surface area is 238 Å². The van der Waals surface area contributed by atoms with Crippen molar-refractivity contribution in [2.45, 2.75) is 31.0 Å². The van der Waals surface area contributed by atoms with Gasteiger partial charge >= 0.3 is 0 Å². The first kappa shape index (κ1) is 27.5. The van der Waals surface area contributed by atoms with Gasteiger partial charge < -0.3 is 4.74 Å². The first-order chi connectivity index (χ1) is 18.7. The monoisotopic (exact) mass is 580 g/mol. The van der Waals surface area contributed by atoms with Crippen LogP contribution >= 0.6 is 24.0 Å². The predicted molar refractivity (Wildman–Crippen MR) is 158 cm³/mol. The zero-order valence-electron chi connectivity index (χ0n) is 21.6. The fourth-order valence-electron chi connectivity index (χ4n) is 4.64. The lowest BCUT2D eigenvalue weighted by atomic mass is 10.1. The number of hydrogen-bond donors (Lipinski definition) is 0. The number of aromatic nitrogens is 2. The summed E-state index contributed by atoms with van der Waals surface area (Å²) >= 11 is 6.62. The molecule has 0 bridgehead atoms. The molecule has 1 aromatic heterocycles. The number of rotatable bonds is 7. The van der Waals surface area contributed by atoms with Crippen molar-refractivity contribution >= 4 is 50.3 Å². The number of carbonyl (C=O) groups is 1. The summed E-state index contributed by atoms with van der Waals surface area (Å²) in [7, 11) is -3.76. The Morgan fingerprint density at radius 1 is 1.13 bits per heavy atom. The maximum absolute atomic E-state index is 13.6. The number of morpholine rings is 1. The molecule has 202 valence electrons. The molecule has 11 heteroatoms. The van der Waals surface area contributed by atoms with Gasteiger partial charge in [0.05, 0.1) is 27.7 Å². The fraction of sp³-hybridized carbons (Fsp3) is 0.250. The largest absolute Gasteiger partial charge is 0.373 e. The highest BCUT2D eigenvalue weighted by Crippen LogP contribution is 2.35. The summed E-state index contributed by atoms with van der Waals surface area (Å²) in [6.07, 6.45) is 4.84. The minimum Gasteiger partial charge on any atom is -0.373 e. The third-order valence-electron chi connectivity index (χ3n) is 6.37. The number of thioether (sulfide) groups is 1. The summed E-state index contributed by atoms with van der Waals surface area (Å²) in [5, 5.41) is 4.81. The minimum absolute atomic E-state index is 0.179. The fourth-order valence-corrected chi connectivity index (χ4v) is 7.54. The molecule has 0 saturated carbocycles. The number of nitrogens with zero attached hydrogens (tertiary/aromatic N) is 4. The Morgan fingerprint density at radius 2 is 1.85 bits per heavy atom. The topological polar surface area (TPSA) is 84.7 Å². The van der Waals surface area contributed by atoms with Gasteiger partial charge in [0, 0.05) is 37.0 Å². The highest BCUT2D eigenvalue weighted by atomic mass is 32.2. The van der Waals surface area contributed by atoms with Crippen LogP contribution in [0.3, 0.4) is 0 Å². The van der Waals surface area contributed by atoms with Crippen LogP contribution < -0.4 is 0 Å². The van der Waals surface area contributed by atoms with E-state index in [1.165, 1.54) is 21.0 Å². The van der Waals surface area contributed by atoms with Crippen LogP contribution in [-0.2, 0) is 19.6 Å². The summed E-state index contributed by atoms with van der Waals surface area (Å²) in [5.74, 6) is -0.199. The smallest absolute Gasteiger partial charge is 0.266 e. The average Bonchev–Trinajstić information content (AvgIpc) is 3.45. The summed E-state index contributed by atoms with van der Waals surface area (Å²) < 4.78 is 36.6. The molecule has 1 amide bonds. The van der Waals surface area contributed by atoms with Crippen molar-refractivity contribution in [1.29, 1.82) is 0 Å². The van der Waals surface area contributed by atoms with Crippen molar-refractivity contribution in [3.8, 4) is 16.9 Å². The minimum atomic E-state index is -3.76. The molecule has 5 rings (SSSR count). The molecule has 0 spiro atoms. The standard InChI is InChI=1S/C28H28N4O4S3/c1-4-13-31-27(33)25(38-28(31)37)15-22-18-32(23-10-6-5-7-11-23)29-26(22)21-9-8-12-24(14-21)39(34,35)30-16-19(2)36-20(3)17-30/h4-12,14-15,18-20H,1,13,16-17H2,2-3H3/b25-15-. The lowest BCUT2D eigenvalue weighted by molar-refractivity contribution is -0.121. The maximum Gasteiger partial charge on any atom is 0.266 e. The molecule has 0 radical (unpaired) electrons. The average molecular weight is 581 g/mol. The molecule has 3 heterocycles. The van der Waals surface area contributed by atoms with E-state index in [9.17, 15) is 13.2 Å². The molecule has 3 aromatic rings. The second-order valence-electron chi connectivity index (χ2n) is 9.40. The van der Waals surface area contributed by atoms with E-state index >= 15 is 0 Å². The van der Waals surface area contributed by atoms with Crippen LogP contribution in [-0.4, -0.2) is 69.5 Å². The number of benzene rings is 2. The molecule has 2 saturated heterocycles. The lowest BCUT2D eigenvalue weighted by Crippen LogP contribution is -2.48. The number of hydrogen-bond acceptors (Lipinski definition) is 7. The number of amides is 1. The van der Waals surface area contributed by atoms with E-state index in [1.54, 1.807) is 35.0 Å². The molecule has 2 unspecified atom stereocenters. The third kappa shape index (κ3) is 5.64. The maximum atomic E-state index is 13.6. The number of ether oxygens (including phenoxy) is 1. The van der Waals surface area contributed by atoms with Gasteiger partial charge in [-0.15, -0.1) is 6.58 Å². The van der Waals surface area contributed by atoms with E-state index in [0.717, 1.165) is 5.69 Å². The van der Waals surface area contributed by atoms with E-state index in [2.05, 4.69) is 6.58 Å². The normalized spacial score (nSPS) is 21.6. The van der Waals surface area contributed by atoms with Crippen LogP contribution in [0, 0.1) is 0 Å². The zero-order chi connectivity index (χ0) is 27.7. The molecule has 0 N–H and O–H groups in total. The number of para-hydroxylation sites is 1. The van der Waals surface area contributed by atoms with Crippen LogP contribution in [0.1, 0.15) is 19.4 Å². The Kier molecular flexibility index (Phi) is 7.88. The van der Waals surface area contributed by atoms with E-state index in [-0.39, 0.29) is 36.1 Å². The molecule has 8 nitrogen and oxygen atoms in total. The van der Waals surface area contributed by atoms with Crippen molar-refractivity contribution in [1.82, 2.24) is 19.0 Å². The molecule has 2 atom stereocenters. The van der Waals surface area contributed by atoms with Gasteiger partial charge in [-0.05, 0) is 44.2 Å². The summed E-state index contributed by atoms with van der Waals surface area (Å²) in [6.45, 7) is 8.36. The molecular weight excluding hydrogens is 553 g/mol. The van der Waals surface area contributed by atoms with E-state index in [4.69, 9.17) is 22.1 Å². The highest BCUT2D eigenvalue weighted by molar-refractivity contribution is 8.26. The Balaban J connectivity index is 1.58. The molecular formula is C28H28N4O4S3. The third-order valence-corrected chi connectivity index (χ3v) is 9.57. The van der Waals surface area contributed by atoms with Gasteiger partial charge in [0.2, 0.25) is 10.0 Å². The Hall–Kier alpha value is -3.09. The van der Waals surface area contributed by atoms with Crippen molar-refractivity contribution in [3.05, 3.63) is 83.9 Å². The van der Waals surface area contributed by atoms with Crippen LogP contribution in [0.5, 0.6) is 0 Å². The van der Waals surface area contributed by atoms with Crippen molar-refractivity contribution in [3.63, 3.8) is 0 Å². The molecule has 0 aliphatic carbocycles. The first-order valence-electron chi connectivity index (χ1n) is 12.4. The summed E-state index contributed by atoms with van der Waals surface area (Å²) in [6, 6.07) is 16.4. The van der Waals surface area contributed by atoms with Gasteiger partial charge in [0.25, 0.3) is 5.91 Å². The number of sulfonamides is 1. The van der Waals surface area contributed by atoms with E-state index < -0.39 is 10.0 Å². The second kappa shape index (κ2) is 11.2. The van der Waals surface area contributed by atoms with Crippen molar-refractivity contribution in [2.75, 3.05) is 19.6 Å². The number of thiocarbonyl (C=S) groups is 1. The van der Waals surface area contributed by atoms with Crippen LogP contribution in [0.25, 0.3) is 23.0 Å². The lowest BCUT2D eigenvalue weighted by Gasteiger charge is -2.34. The van der Waals surface area contributed by atoms with Crippen LogP contribution in [0.2, 0.25) is 0 Å². The molecule has 2 aliphatic heterocycles. The van der Waals surface area contributed by atoms with Gasteiger partial charge in [-0.3, -0.25) is 9.69 Å². The molecule has 2 aromatic carbocycles. The van der Waals surface area contributed by atoms with Gasteiger partial charge in [-0.25, -0.2) is 13.1 Å². The highest BCUT2D eigenvalue weighted by Gasteiger charge is 2.33. The SMILES string of the molecule is C=CCN1C(=O)/C(=C/c2cn(-c3ccccc3)nc2-c2cccc(S(=O)(=O)N3CC(C)OC(C)C3)c2)SC1=S. The molecule has 2 aliphatic rings. The molecule has 39 heavy (non-hydrogen) atoms. The second-order valence-corrected chi connectivity index (χ2v) is 13.0. The zero-order valence-corrected chi connectivity index (χ0v) is 24.0. The van der Waals surface area contributed by atoms with Gasteiger partial charge in [-0.1, -0.05) is 60.4 Å². The first-order valence-corrected chi connectivity index (χ1v) is 15.1. The van der Waals surface area contributed by atoms with Crippen LogP contribution in [0.15, 0.2) is 83.2 Å². The molecule has 2 fully saturated rings. The number of carbonyl (C=O) groups excluding carboxylic acids is 1. The van der Waals surface area contributed by atoms with Crippen molar-refractivity contribution in [2.24, 2.45) is 0 Å². The van der Waals surface area contributed by atoms with Gasteiger partial charge in [-0.2, -0.15) is 9.40 Å². The van der Waals surface area contributed by atoms with Gasteiger partial charge in [0.15, 0.2) is 0 Å². The Morgan fingerprint density at radius 3 is 2.54 bits per heavy atom. The van der Waals surface area contributed by atoms with E-state index in [0.29, 0.717) is 32.6 Å². The Bertz CT molecular complexity index is 1560. The summed E-state index contributed by atoms with van der Waals surface area (Å²) in [4.78, 5) is 15.2. The summed E-state index contributed by atoms with van der Waals surface area (Å²) in [5.41, 5.74) is 2.67. The van der Waals surface area contributed by atoms with Gasteiger partial charge in [0.1, 0.15) is 10.0 Å². The van der Waals surface area contributed by atoms with E-state index in [1.807, 2.05) is 56.4 Å². The van der Waals surface area contributed by atoms with Crippen molar-refractivity contribution < 1.29 is 17.9 Å². The predicted octanol–water partition coefficient (Wildman–Crippen LogP) is 4.72. The quantitative estimate of drug-likeness (QED) is 0.227. The van der Waals surface area contributed by atoms with Crippen LogP contribution in [0.4, 0.5) is 0 Å².